The van der Waals surface area contributed by atoms with E-state index in [4.69, 9.17) is 9.47 Å². The molecule has 2 aromatic carbocycles. The summed E-state index contributed by atoms with van der Waals surface area (Å²) in [6.45, 7) is 8.93. The van der Waals surface area contributed by atoms with Crippen molar-refractivity contribution >= 4 is 16.6 Å². The van der Waals surface area contributed by atoms with Crippen molar-refractivity contribution in [2.24, 2.45) is 0 Å². The maximum absolute atomic E-state index is 6.03. The normalized spacial score (nSPS) is 16.8. The number of hydrogen-bond donors (Lipinski definition) is 0. The first-order chi connectivity index (χ1) is 15.6. The molecule has 0 amide bonds. The molecule has 32 heavy (non-hydrogen) atoms. The second kappa shape index (κ2) is 9.18. The Bertz CT molecular complexity index is 1120. The van der Waals surface area contributed by atoms with Crippen LogP contribution in [0.3, 0.4) is 0 Å². The van der Waals surface area contributed by atoms with E-state index in [1.54, 1.807) is 6.26 Å². The molecule has 0 bridgehead atoms. The number of rotatable bonds is 6. The minimum atomic E-state index is 0.704. The van der Waals surface area contributed by atoms with E-state index >= 15 is 0 Å². The number of ether oxygens (including phenoxy) is 2. The minimum Gasteiger partial charge on any atom is -0.492 e. The van der Waals surface area contributed by atoms with Crippen molar-refractivity contribution < 1.29 is 9.47 Å². The highest BCUT2D eigenvalue weighted by Crippen LogP contribution is 2.32. The number of fused-ring (bicyclic) bond motifs is 2. The Kier molecular flexibility index (Phi) is 5.97. The van der Waals surface area contributed by atoms with E-state index in [9.17, 15) is 0 Å². The Morgan fingerprint density at radius 2 is 1.81 bits per heavy atom. The first kappa shape index (κ1) is 20.8. The molecule has 166 valence electrons. The number of aryl methyl sites for hydroxylation is 1. The van der Waals surface area contributed by atoms with Gasteiger partial charge in [-0.25, -0.2) is 0 Å². The molecule has 3 aromatic rings. The molecule has 0 aliphatic carbocycles. The Hall–Kier alpha value is -3.09. The van der Waals surface area contributed by atoms with Crippen LogP contribution in [0.15, 0.2) is 61.0 Å². The van der Waals surface area contributed by atoms with Gasteiger partial charge in [-0.3, -0.25) is 14.8 Å². The third-order valence-electron chi connectivity index (χ3n) is 6.23. The smallest absolute Gasteiger partial charge is 0.150 e. The van der Waals surface area contributed by atoms with Gasteiger partial charge < -0.3 is 14.4 Å². The second-order valence-corrected chi connectivity index (χ2v) is 8.59. The summed E-state index contributed by atoms with van der Waals surface area (Å²) in [6.07, 6.45) is 3.67. The predicted octanol–water partition coefficient (Wildman–Crippen LogP) is 4.04. The van der Waals surface area contributed by atoms with Gasteiger partial charge in [-0.15, -0.1) is 0 Å². The lowest BCUT2D eigenvalue weighted by Gasteiger charge is -2.34. The van der Waals surface area contributed by atoms with E-state index < -0.39 is 0 Å². The van der Waals surface area contributed by atoms with Crippen molar-refractivity contribution in [1.29, 1.82) is 0 Å². The standard InChI is InChI=1S/C26H30N4O2/c1-20-3-5-22-18-23(6-7-24(22)27-20)31-16-14-29-9-11-30(12-10-29)19-21-4-8-26-25(17-21)28(2)13-15-32-26/h3-8,13,15,17-18H,9-12,14,16,19H2,1-2H3. The third kappa shape index (κ3) is 4.71. The van der Waals surface area contributed by atoms with Crippen LogP contribution in [0.5, 0.6) is 11.5 Å². The van der Waals surface area contributed by atoms with Crippen LogP contribution in [-0.2, 0) is 6.54 Å². The second-order valence-electron chi connectivity index (χ2n) is 8.59. The number of pyridine rings is 1. The maximum Gasteiger partial charge on any atom is 0.150 e. The zero-order valence-corrected chi connectivity index (χ0v) is 18.8. The number of nitrogens with zero attached hydrogens (tertiary/aromatic N) is 4. The van der Waals surface area contributed by atoms with Crippen molar-refractivity contribution in [2.75, 3.05) is 51.3 Å². The number of aromatic nitrogens is 1. The number of hydrogen-bond acceptors (Lipinski definition) is 6. The average molecular weight is 431 g/mol. The van der Waals surface area contributed by atoms with E-state index in [-0.39, 0.29) is 0 Å². The Morgan fingerprint density at radius 1 is 0.969 bits per heavy atom. The minimum absolute atomic E-state index is 0.704. The van der Waals surface area contributed by atoms with Crippen LogP contribution in [0.2, 0.25) is 0 Å². The number of piperazine rings is 1. The topological polar surface area (TPSA) is 41.1 Å². The van der Waals surface area contributed by atoms with Gasteiger partial charge in [0.1, 0.15) is 24.4 Å². The van der Waals surface area contributed by atoms with E-state index in [0.717, 1.165) is 73.1 Å². The summed E-state index contributed by atoms with van der Waals surface area (Å²) in [5, 5.41) is 1.12. The fourth-order valence-electron chi connectivity index (χ4n) is 4.33. The van der Waals surface area contributed by atoms with Gasteiger partial charge in [-0.2, -0.15) is 0 Å². The Morgan fingerprint density at radius 3 is 2.69 bits per heavy atom. The number of benzene rings is 2. The summed E-state index contributed by atoms with van der Waals surface area (Å²) in [4.78, 5) is 11.7. The molecule has 0 spiro atoms. The van der Waals surface area contributed by atoms with Crippen LogP contribution >= 0.6 is 0 Å². The first-order valence-corrected chi connectivity index (χ1v) is 11.3. The van der Waals surface area contributed by atoms with Crippen LogP contribution in [-0.4, -0.2) is 61.2 Å². The van der Waals surface area contributed by atoms with Crippen molar-refractivity contribution in [3.05, 3.63) is 72.3 Å². The van der Waals surface area contributed by atoms with Crippen molar-refractivity contribution in [2.45, 2.75) is 13.5 Å². The van der Waals surface area contributed by atoms with Gasteiger partial charge in [0.2, 0.25) is 0 Å². The van der Waals surface area contributed by atoms with Crippen molar-refractivity contribution in [1.82, 2.24) is 14.8 Å². The van der Waals surface area contributed by atoms with Crippen molar-refractivity contribution in [3.63, 3.8) is 0 Å². The molecule has 0 unspecified atom stereocenters. The van der Waals surface area contributed by atoms with E-state index in [1.807, 2.05) is 31.3 Å². The molecule has 0 N–H and O–H groups in total. The predicted molar refractivity (Wildman–Crippen MR) is 128 cm³/mol. The average Bonchev–Trinajstić information content (AvgIpc) is 2.81. The largest absolute Gasteiger partial charge is 0.492 e. The molecule has 3 heterocycles. The lowest BCUT2D eigenvalue weighted by Crippen LogP contribution is -2.47. The molecule has 2 aliphatic rings. The maximum atomic E-state index is 6.03. The summed E-state index contributed by atoms with van der Waals surface area (Å²) in [5.74, 6) is 1.83. The molecule has 0 radical (unpaired) electrons. The van der Waals surface area contributed by atoms with Crippen LogP contribution in [0.1, 0.15) is 11.3 Å². The van der Waals surface area contributed by atoms with Crippen LogP contribution in [0.25, 0.3) is 10.9 Å². The van der Waals surface area contributed by atoms with Gasteiger partial charge in [0, 0.05) is 63.6 Å². The molecule has 1 saturated heterocycles. The zero-order chi connectivity index (χ0) is 21.9. The van der Waals surface area contributed by atoms with Gasteiger partial charge in [0.05, 0.1) is 11.2 Å². The molecular formula is C26H30N4O2. The summed E-state index contributed by atoms with van der Waals surface area (Å²) in [5.41, 5.74) is 4.51. The monoisotopic (exact) mass is 430 g/mol. The summed E-state index contributed by atoms with van der Waals surface area (Å²) in [6, 6.07) is 16.8. The van der Waals surface area contributed by atoms with E-state index in [1.165, 1.54) is 5.56 Å². The SMILES string of the molecule is Cc1ccc2cc(OCCN3CCN(Cc4ccc5c(c4)N(C)C=CO5)CC3)ccc2n1. The molecule has 0 saturated carbocycles. The highest BCUT2D eigenvalue weighted by molar-refractivity contribution is 5.80. The van der Waals surface area contributed by atoms with E-state index in [2.05, 4.69) is 57.1 Å². The van der Waals surface area contributed by atoms with Crippen molar-refractivity contribution in [3.8, 4) is 11.5 Å². The molecular weight excluding hydrogens is 400 g/mol. The lowest BCUT2D eigenvalue weighted by atomic mass is 10.1. The van der Waals surface area contributed by atoms with Crippen LogP contribution in [0.4, 0.5) is 5.69 Å². The molecule has 1 aromatic heterocycles. The quantitative estimate of drug-likeness (QED) is 0.588. The zero-order valence-electron chi connectivity index (χ0n) is 18.8. The molecule has 5 rings (SSSR count). The van der Waals surface area contributed by atoms with Gasteiger partial charge in [-0.05, 0) is 48.9 Å². The van der Waals surface area contributed by atoms with Gasteiger partial charge in [0.15, 0.2) is 0 Å². The first-order valence-electron chi connectivity index (χ1n) is 11.3. The fourth-order valence-corrected chi connectivity index (χ4v) is 4.33. The fraction of sp³-hybridized carbons (Fsp3) is 0.346. The third-order valence-corrected chi connectivity index (χ3v) is 6.23. The molecule has 2 aliphatic heterocycles. The molecule has 1 fully saturated rings. The van der Waals surface area contributed by atoms with Gasteiger partial charge in [0.25, 0.3) is 0 Å². The Balaban J connectivity index is 1.08. The Labute approximate surface area is 189 Å². The highest BCUT2D eigenvalue weighted by Gasteiger charge is 2.18. The summed E-state index contributed by atoms with van der Waals surface area (Å²) >= 11 is 0. The van der Waals surface area contributed by atoms with Crippen LogP contribution in [0, 0.1) is 6.92 Å². The summed E-state index contributed by atoms with van der Waals surface area (Å²) < 4.78 is 11.6. The van der Waals surface area contributed by atoms with Crippen LogP contribution < -0.4 is 14.4 Å². The molecule has 6 heteroatoms. The number of anilines is 1. The lowest BCUT2D eigenvalue weighted by molar-refractivity contribution is 0.112. The molecule has 6 nitrogen and oxygen atoms in total. The van der Waals surface area contributed by atoms with Gasteiger partial charge >= 0.3 is 0 Å². The van der Waals surface area contributed by atoms with Gasteiger partial charge in [-0.1, -0.05) is 12.1 Å². The summed E-state index contributed by atoms with van der Waals surface area (Å²) in [7, 11) is 2.05. The molecule has 0 atom stereocenters. The highest BCUT2D eigenvalue weighted by atomic mass is 16.5. The van der Waals surface area contributed by atoms with E-state index in [0.29, 0.717) is 6.61 Å².